The van der Waals surface area contributed by atoms with Crippen molar-refractivity contribution < 1.29 is 14.3 Å². The van der Waals surface area contributed by atoms with Crippen LogP contribution in [-0.4, -0.2) is 24.8 Å². The molecule has 0 N–H and O–H groups in total. The summed E-state index contributed by atoms with van der Waals surface area (Å²) in [6.07, 6.45) is 9.28. The van der Waals surface area contributed by atoms with Crippen LogP contribution in [-0.2, 0) is 14.3 Å². The lowest BCUT2D eigenvalue weighted by Crippen LogP contribution is -2.56. The molecule has 5 rings (SSSR count). The van der Waals surface area contributed by atoms with Gasteiger partial charge in [-0.05, 0) is 62.4 Å². The van der Waals surface area contributed by atoms with Crippen LogP contribution in [0.3, 0.4) is 0 Å². The van der Waals surface area contributed by atoms with Crippen LogP contribution < -0.4 is 0 Å². The molecule has 0 aromatic heterocycles. The van der Waals surface area contributed by atoms with Crippen molar-refractivity contribution >= 4 is 11.6 Å². The lowest BCUT2D eigenvalue weighted by Gasteiger charge is -2.59. The molecule has 2 bridgehead atoms. The maximum Gasteiger partial charge on any atom is 0.161 e. The van der Waals surface area contributed by atoms with Gasteiger partial charge >= 0.3 is 0 Å². The molecule has 0 amide bonds. The van der Waals surface area contributed by atoms with E-state index in [1.807, 2.05) is 6.08 Å². The third-order valence-electron chi connectivity index (χ3n) is 8.25. The minimum absolute atomic E-state index is 0.0571. The zero-order chi connectivity index (χ0) is 15.8. The second kappa shape index (κ2) is 4.56. The van der Waals surface area contributed by atoms with Crippen LogP contribution in [0.4, 0.5) is 0 Å². The van der Waals surface area contributed by atoms with E-state index >= 15 is 0 Å². The van der Waals surface area contributed by atoms with Gasteiger partial charge in [-0.2, -0.15) is 0 Å². The number of ketones is 2. The molecule has 3 saturated carbocycles. The van der Waals surface area contributed by atoms with Crippen LogP contribution in [0.1, 0.15) is 51.9 Å². The Morgan fingerprint density at radius 1 is 1.13 bits per heavy atom. The van der Waals surface area contributed by atoms with Gasteiger partial charge in [-0.3, -0.25) is 9.59 Å². The summed E-state index contributed by atoms with van der Waals surface area (Å²) in [4.78, 5) is 24.8. The summed E-state index contributed by atoms with van der Waals surface area (Å²) < 4.78 is 5.95. The van der Waals surface area contributed by atoms with E-state index in [0.717, 1.165) is 45.1 Å². The van der Waals surface area contributed by atoms with Gasteiger partial charge < -0.3 is 4.74 Å². The van der Waals surface area contributed by atoms with Gasteiger partial charge in [0.25, 0.3) is 0 Å². The Bertz CT molecular complexity index is 620. The van der Waals surface area contributed by atoms with Crippen molar-refractivity contribution in [2.24, 2.45) is 34.5 Å². The second-order valence-corrected chi connectivity index (χ2v) is 8.98. The van der Waals surface area contributed by atoms with Crippen molar-refractivity contribution in [2.45, 2.75) is 51.9 Å². The van der Waals surface area contributed by atoms with Gasteiger partial charge in [0, 0.05) is 23.2 Å². The highest BCUT2D eigenvalue weighted by Gasteiger charge is 2.61. The monoisotopic (exact) mass is 314 g/mol. The molecule has 0 aromatic rings. The number of hydrogen-bond acceptors (Lipinski definition) is 3. The predicted molar refractivity (Wildman–Crippen MR) is 85.7 cm³/mol. The zero-order valence-electron chi connectivity index (χ0n) is 14.0. The molecule has 6 atom stereocenters. The molecule has 124 valence electrons. The highest BCUT2D eigenvalue weighted by molar-refractivity contribution is 5.94. The maximum absolute atomic E-state index is 12.5. The van der Waals surface area contributed by atoms with Gasteiger partial charge in [0.05, 0.1) is 13.2 Å². The van der Waals surface area contributed by atoms with Gasteiger partial charge in [-0.15, -0.1) is 0 Å². The molecule has 3 heteroatoms. The highest BCUT2D eigenvalue weighted by atomic mass is 16.5. The molecule has 1 saturated heterocycles. The normalized spacial score (nSPS) is 51.6. The van der Waals surface area contributed by atoms with Crippen molar-refractivity contribution in [3.8, 4) is 0 Å². The number of rotatable bonds is 0. The Morgan fingerprint density at radius 2 is 2.00 bits per heavy atom. The average Bonchev–Trinajstić information content (AvgIpc) is 2.85. The molecule has 0 unspecified atom stereocenters. The number of ether oxygens (including phenoxy) is 1. The first kappa shape index (κ1) is 14.4. The largest absolute Gasteiger partial charge is 0.380 e. The Hall–Kier alpha value is -0.960. The van der Waals surface area contributed by atoms with Gasteiger partial charge in [0.15, 0.2) is 5.78 Å². The highest BCUT2D eigenvalue weighted by Crippen LogP contribution is 2.65. The van der Waals surface area contributed by atoms with Gasteiger partial charge in [0.2, 0.25) is 0 Å². The Morgan fingerprint density at radius 3 is 2.87 bits per heavy atom. The molecular formula is C20H26O3. The van der Waals surface area contributed by atoms with E-state index in [1.54, 1.807) is 0 Å². The maximum atomic E-state index is 12.5. The molecular weight excluding hydrogens is 288 g/mol. The van der Waals surface area contributed by atoms with Gasteiger partial charge in [-0.1, -0.05) is 12.5 Å². The summed E-state index contributed by atoms with van der Waals surface area (Å²) in [5, 5.41) is 0. The van der Waals surface area contributed by atoms with Crippen molar-refractivity contribution in [2.75, 3.05) is 13.2 Å². The third-order valence-corrected chi connectivity index (χ3v) is 8.25. The molecule has 3 nitrogen and oxygen atoms in total. The SMILES string of the molecule is C[C@]12CC[C@H]3[C@@H](CCC4=CC(=O)[C@H]5COC[C@]43C5)[C@@H]1CCC2=O. The summed E-state index contributed by atoms with van der Waals surface area (Å²) in [7, 11) is 0. The van der Waals surface area contributed by atoms with Crippen LogP contribution in [0.5, 0.6) is 0 Å². The topological polar surface area (TPSA) is 43.4 Å². The van der Waals surface area contributed by atoms with E-state index < -0.39 is 0 Å². The molecule has 0 aromatic carbocycles. The number of fused-ring (bicyclic) bond motifs is 4. The molecule has 1 aliphatic heterocycles. The van der Waals surface area contributed by atoms with E-state index in [9.17, 15) is 9.59 Å². The minimum atomic E-state index is -0.0571. The fraction of sp³-hybridized carbons (Fsp3) is 0.800. The first-order valence-corrected chi connectivity index (χ1v) is 9.40. The Balaban J connectivity index is 1.56. The van der Waals surface area contributed by atoms with Crippen LogP contribution in [0.25, 0.3) is 0 Å². The Kier molecular flexibility index (Phi) is 2.85. The smallest absolute Gasteiger partial charge is 0.161 e. The molecule has 5 aliphatic rings. The van der Waals surface area contributed by atoms with Crippen LogP contribution in [0.15, 0.2) is 11.6 Å². The van der Waals surface area contributed by atoms with E-state index in [-0.39, 0.29) is 16.7 Å². The summed E-state index contributed by atoms with van der Waals surface area (Å²) in [6, 6.07) is 0. The summed E-state index contributed by atoms with van der Waals surface area (Å²) >= 11 is 0. The number of carbonyl (C=O) groups is 2. The predicted octanol–water partition coefficient (Wildman–Crippen LogP) is 3.32. The molecule has 0 radical (unpaired) electrons. The first-order chi connectivity index (χ1) is 11.0. The fourth-order valence-corrected chi connectivity index (χ4v) is 7.07. The molecule has 4 fully saturated rings. The van der Waals surface area contributed by atoms with Crippen molar-refractivity contribution in [1.82, 2.24) is 0 Å². The van der Waals surface area contributed by atoms with E-state index in [4.69, 9.17) is 4.74 Å². The third kappa shape index (κ3) is 1.70. The van der Waals surface area contributed by atoms with Crippen molar-refractivity contribution in [3.05, 3.63) is 11.6 Å². The van der Waals surface area contributed by atoms with E-state index in [2.05, 4.69) is 6.92 Å². The number of Topliss-reactive ketones (excluding diaryl/α,β-unsaturated/α-hetero) is 1. The number of hydrogen-bond donors (Lipinski definition) is 0. The summed E-state index contributed by atoms with van der Waals surface area (Å²) in [5.74, 6) is 2.75. The lowest BCUT2D eigenvalue weighted by atomic mass is 9.46. The second-order valence-electron chi connectivity index (χ2n) is 8.98. The van der Waals surface area contributed by atoms with Crippen molar-refractivity contribution in [1.29, 1.82) is 0 Å². The van der Waals surface area contributed by atoms with E-state index in [0.29, 0.717) is 35.9 Å². The average molecular weight is 314 g/mol. The Labute approximate surface area is 137 Å². The quantitative estimate of drug-likeness (QED) is 0.689. The minimum Gasteiger partial charge on any atom is -0.380 e. The van der Waals surface area contributed by atoms with Crippen LogP contribution >= 0.6 is 0 Å². The molecule has 23 heavy (non-hydrogen) atoms. The standard InChI is InChI=1S/C20H26O3/c1-19-7-6-16-14(15(19)4-5-18(19)22)3-2-13-8-17(21)12-9-20(13,16)11-23-10-12/h8,12,14-16H,2-7,9-11H2,1H3/t12-,14+,15+,16+,19+,20-/m1/s1. The van der Waals surface area contributed by atoms with Crippen LogP contribution in [0, 0.1) is 34.5 Å². The van der Waals surface area contributed by atoms with Gasteiger partial charge in [0.1, 0.15) is 5.78 Å². The fourth-order valence-electron chi connectivity index (χ4n) is 7.07. The lowest BCUT2D eigenvalue weighted by molar-refractivity contribution is -0.147. The molecule has 4 aliphatic carbocycles. The summed E-state index contributed by atoms with van der Waals surface area (Å²) in [5.41, 5.74) is 1.44. The first-order valence-electron chi connectivity index (χ1n) is 9.40. The molecule has 1 heterocycles. The molecule has 1 spiro atoms. The zero-order valence-corrected chi connectivity index (χ0v) is 14.0. The van der Waals surface area contributed by atoms with E-state index in [1.165, 1.54) is 12.0 Å². The van der Waals surface area contributed by atoms with Gasteiger partial charge in [-0.25, -0.2) is 0 Å². The van der Waals surface area contributed by atoms with Crippen LogP contribution in [0.2, 0.25) is 0 Å². The summed E-state index contributed by atoms with van der Waals surface area (Å²) in [6.45, 7) is 3.65. The number of carbonyl (C=O) groups excluding carboxylic acids is 2. The van der Waals surface area contributed by atoms with Crippen molar-refractivity contribution in [3.63, 3.8) is 0 Å².